The lowest BCUT2D eigenvalue weighted by Crippen LogP contribution is -2.02. The van der Waals surface area contributed by atoms with E-state index in [1.807, 2.05) is 6.07 Å². The van der Waals surface area contributed by atoms with Crippen LogP contribution in [0.3, 0.4) is 0 Å². The standard InChI is InChI=1S/C8H7N3O3/c9-4-6-1-2-7(5-14-10)8(3-6)11(12)13/h1-3H,5,10H2. The predicted octanol–water partition coefficient (Wildman–Crippen LogP) is 0.857. The van der Waals surface area contributed by atoms with E-state index in [0.717, 1.165) is 0 Å². The Morgan fingerprint density at radius 3 is 2.86 bits per heavy atom. The van der Waals surface area contributed by atoms with Crippen molar-refractivity contribution in [3.8, 4) is 6.07 Å². The molecule has 14 heavy (non-hydrogen) atoms. The summed E-state index contributed by atoms with van der Waals surface area (Å²) in [7, 11) is 0. The van der Waals surface area contributed by atoms with Gasteiger partial charge >= 0.3 is 0 Å². The van der Waals surface area contributed by atoms with Crippen LogP contribution in [0.15, 0.2) is 18.2 Å². The summed E-state index contributed by atoms with van der Waals surface area (Å²) in [5.41, 5.74) is 0.420. The number of nitriles is 1. The van der Waals surface area contributed by atoms with Gasteiger partial charge < -0.3 is 0 Å². The van der Waals surface area contributed by atoms with Crippen molar-refractivity contribution in [3.63, 3.8) is 0 Å². The van der Waals surface area contributed by atoms with Gasteiger partial charge in [-0.05, 0) is 12.1 Å². The molecule has 2 N–H and O–H groups in total. The topological polar surface area (TPSA) is 102 Å². The smallest absolute Gasteiger partial charge is 0.276 e. The monoisotopic (exact) mass is 193 g/mol. The van der Waals surface area contributed by atoms with Crippen LogP contribution in [0.2, 0.25) is 0 Å². The van der Waals surface area contributed by atoms with Crippen molar-refractivity contribution in [2.75, 3.05) is 0 Å². The van der Waals surface area contributed by atoms with Gasteiger partial charge in [-0.25, -0.2) is 5.90 Å². The minimum Gasteiger partial charge on any atom is -0.300 e. The molecule has 0 aromatic heterocycles. The highest BCUT2D eigenvalue weighted by Crippen LogP contribution is 2.20. The van der Waals surface area contributed by atoms with Crippen LogP contribution in [0.5, 0.6) is 0 Å². The van der Waals surface area contributed by atoms with E-state index in [-0.39, 0.29) is 17.9 Å². The maximum Gasteiger partial charge on any atom is 0.276 e. The summed E-state index contributed by atoms with van der Waals surface area (Å²) in [5.74, 6) is 4.81. The highest BCUT2D eigenvalue weighted by atomic mass is 16.6. The summed E-state index contributed by atoms with van der Waals surface area (Å²) in [5, 5.41) is 19.1. The molecule has 0 spiro atoms. The van der Waals surface area contributed by atoms with Gasteiger partial charge in [-0.15, -0.1) is 0 Å². The van der Waals surface area contributed by atoms with E-state index >= 15 is 0 Å². The molecule has 6 nitrogen and oxygen atoms in total. The van der Waals surface area contributed by atoms with Gasteiger partial charge in [-0.3, -0.25) is 15.0 Å². The summed E-state index contributed by atoms with van der Waals surface area (Å²) >= 11 is 0. The molecule has 0 bridgehead atoms. The molecule has 6 heteroatoms. The van der Waals surface area contributed by atoms with Crippen LogP contribution in [-0.2, 0) is 11.4 Å². The molecule has 0 saturated heterocycles. The van der Waals surface area contributed by atoms with Gasteiger partial charge in [0, 0.05) is 6.07 Å². The lowest BCUT2D eigenvalue weighted by molar-refractivity contribution is -0.386. The van der Waals surface area contributed by atoms with Gasteiger partial charge in [0.15, 0.2) is 0 Å². The van der Waals surface area contributed by atoms with Crippen molar-refractivity contribution in [2.45, 2.75) is 6.61 Å². The number of nitro groups is 1. The van der Waals surface area contributed by atoms with E-state index in [1.54, 1.807) is 0 Å². The molecular formula is C8H7N3O3. The lowest BCUT2D eigenvalue weighted by Gasteiger charge is -2.00. The van der Waals surface area contributed by atoms with Crippen molar-refractivity contribution in [3.05, 3.63) is 39.4 Å². The van der Waals surface area contributed by atoms with Crippen molar-refractivity contribution < 1.29 is 9.76 Å². The Morgan fingerprint density at radius 1 is 1.64 bits per heavy atom. The first-order chi connectivity index (χ1) is 6.69. The Morgan fingerprint density at radius 2 is 2.36 bits per heavy atom. The molecule has 0 aliphatic carbocycles. The average Bonchev–Trinajstić information content (AvgIpc) is 2.18. The Bertz CT molecular complexity index is 397. The fourth-order valence-electron chi connectivity index (χ4n) is 1.02. The summed E-state index contributed by atoms with van der Waals surface area (Å²) in [6, 6.07) is 5.93. The highest BCUT2D eigenvalue weighted by Gasteiger charge is 2.14. The number of nitrogens with zero attached hydrogens (tertiary/aromatic N) is 2. The number of hydrogen-bond acceptors (Lipinski definition) is 5. The molecule has 1 aromatic carbocycles. The van der Waals surface area contributed by atoms with E-state index < -0.39 is 4.92 Å². The zero-order chi connectivity index (χ0) is 10.6. The number of rotatable bonds is 3. The van der Waals surface area contributed by atoms with Gasteiger partial charge in [0.25, 0.3) is 5.69 Å². The van der Waals surface area contributed by atoms with Crippen LogP contribution in [0.1, 0.15) is 11.1 Å². The molecule has 0 aliphatic rings. The zero-order valence-corrected chi connectivity index (χ0v) is 7.14. The van der Waals surface area contributed by atoms with Crippen molar-refractivity contribution >= 4 is 5.69 Å². The van der Waals surface area contributed by atoms with Crippen LogP contribution in [0.4, 0.5) is 5.69 Å². The highest BCUT2D eigenvalue weighted by molar-refractivity contribution is 5.46. The molecule has 72 valence electrons. The number of hydrogen-bond donors (Lipinski definition) is 1. The van der Waals surface area contributed by atoms with Crippen LogP contribution in [-0.4, -0.2) is 4.92 Å². The molecule has 1 rings (SSSR count). The van der Waals surface area contributed by atoms with E-state index in [1.165, 1.54) is 18.2 Å². The van der Waals surface area contributed by atoms with Crippen LogP contribution in [0, 0.1) is 21.4 Å². The lowest BCUT2D eigenvalue weighted by atomic mass is 10.1. The van der Waals surface area contributed by atoms with E-state index in [9.17, 15) is 10.1 Å². The Hall–Kier alpha value is -1.97. The first kappa shape index (κ1) is 10.1. The summed E-state index contributed by atoms with van der Waals surface area (Å²) < 4.78 is 0. The second-order valence-corrected chi connectivity index (χ2v) is 2.52. The van der Waals surface area contributed by atoms with Crippen molar-refractivity contribution in [1.29, 1.82) is 5.26 Å². The van der Waals surface area contributed by atoms with Gasteiger partial charge in [-0.1, -0.05) is 0 Å². The Kier molecular flexibility index (Phi) is 3.12. The van der Waals surface area contributed by atoms with Gasteiger partial charge in [0.1, 0.15) is 0 Å². The molecule has 0 heterocycles. The first-order valence-corrected chi connectivity index (χ1v) is 3.68. The second-order valence-electron chi connectivity index (χ2n) is 2.52. The number of nitrogens with two attached hydrogens (primary N) is 1. The zero-order valence-electron chi connectivity index (χ0n) is 7.14. The van der Waals surface area contributed by atoms with E-state index in [2.05, 4.69) is 4.84 Å². The van der Waals surface area contributed by atoms with Crippen LogP contribution in [0.25, 0.3) is 0 Å². The quantitative estimate of drug-likeness (QED) is 0.566. The molecule has 0 saturated carbocycles. The molecule has 0 fully saturated rings. The third-order valence-electron chi connectivity index (χ3n) is 1.65. The van der Waals surface area contributed by atoms with Gasteiger partial charge in [0.05, 0.1) is 28.7 Å². The molecule has 0 unspecified atom stereocenters. The minimum atomic E-state index is -0.574. The summed E-state index contributed by atoms with van der Waals surface area (Å²) in [6.45, 7) is -0.0535. The van der Waals surface area contributed by atoms with Crippen LogP contribution >= 0.6 is 0 Å². The third-order valence-corrected chi connectivity index (χ3v) is 1.65. The van der Waals surface area contributed by atoms with Gasteiger partial charge in [0.2, 0.25) is 0 Å². The average molecular weight is 193 g/mol. The molecule has 1 aromatic rings. The maximum atomic E-state index is 10.6. The Balaban J connectivity index is 3.18. The van der Waals surface area contributed by atoms with Gasteiger partial charge in [-0.2, -0.15) is 5.26 Å². The second kappa shape index (κ2) is 4.32. The Labute approximate surface area is 79.6 Å². The van der Waals surface area contributed by atoms with Crippen molar-refractivity contribution in [1.82, 2.24) is 0 Å². The fraction of sp³-hybridized carbons (Fsp3) is 0.125. The summed E-state index contributed by atoms with van der Waals surface area (Å²) in [4.78, 5) is 14.3. The predicted molar refractivity (Wildman–Crippen MR) is 46.8 cm³/mol. The number of nitro benzene ring substituents is 1. The molecule has 0 radical (unpaired) electrons. The van der Waals surface area contributed by atoms with Crippen LogP contribution < -0.4 is 5.90 Å². The van der Waals surface area contributed by atoms with Crippen molar-refractivity contribution in [2.24, 2.45) is 5.90 Å². The molecular weight excluding hydrogens is 186 g/mol. The minimum absolute atomic E-state index is 0.0535. The largest absolute Gasteiger partial charge is 0.300 e. The fourth-order valence-corrected chi connectivity index (χ4v) is 1.02. The first-order valence-electron chi connectivity index (χ1n) is 3.68. The molecule has 0 aliphatic heterocycles. The maximum absolute atomic E-state index is 10.6. The molecule has 0 amide bonds. The summed E-state index contributed by atoms with van der Waals surface area (Å²) in [6.07, 6.45) is 0. The normalized spacial score (nSPS) is 9.43. The van der Waals surface area contributed by atoms with E-state index in [4.69, 9.17) is 11.2 Å². The molecule has 0 atom stereocenters. The number of benzene rings is 1. The third kappa shape index (κ3) is 2.04. The van der Waals surface area contributed by atoms with E-state index in [0.29, 0.717) is 5.56 Å². The SMILES string of the molecule is N#Cc1ccc(CON)c([N+](=O)[O-])c1.